The smallest absolute Gasteiger partial charge is 0.251 e. The zero-order valence-electron chi connectivity index (χ0n) is 10.4. The molecule has 0 heterocycles. The number of rotatable bonds is 4. The monoisotopic (exact) mass is 271 g/mol. The van der Waals surface area contributed by atoms with Crippen LogP contribution in [0, 0.1) is 6.92 Å². The van der Waals surface area contributed by atoms with Gasteiger partial charge in [0.05, 0.1) is 0 Å². The molecule has 5 nitrogen and oxygen atoms in total. The zero-order chi connectivity index (χ0) is 12.8. The van der Waals surface area contributed by atoms with Gasteiger partial charge in [-0.15, -0.1) is 12.4 Å². The van der Waals surface area contributed by atoms with E-state index in [9.17, 15) is 9.59 Å². The molecule has 0 radical (unpaired) electrons. The lowest BCUT2D eigenvalue weighted by molar-refractivity contribution is -0.116. The van der Waals surface area contributed by atoms with Crippen LogP contribution in [0.15, 0.2) is 18.2 Å². The van der Waals surface area contributed by atoms with Crippen LogP contribution < -0.4 is 16.4 Å². The maximum Gasteiger partial charge on any atom is 0.251 e. The molecule has 0 spiro atoms. The second-order valence-corrected chi connectivity index (χ2v) is 3.64. The first-order valence-electron chi connectivity index (χ1n) is 5.41. The zero-order valence-corrected chi connectivity index (χ0v) is 11.3. The summed E-state index contributed by atoms with van der Waals surface area (Å²) >= 11 is 0. The largest absolute Gasteiger partial charge is 0.355 e. The molecule has 0 fully saturated rings. The highest BCUT2D eigenvalue weighted by Crippen LogP contribution is 2.18. The quantitative estimate of drug-likeness (QED) is 0.766. The lowest BCUT2D eigenvalue weighted by atomic mass is 10.1. The van der Waals surface area contributed by atoms with Crippen molar-refractivity contribution >= 4 is 29.9 Å². The molecule has 1 rings (SSSR count). The number of carbonyl (C=O) groups is 2. The Hall–Kier alpha value is -1.59. The molecule has 100 valence electrons. The van der Waals surface area contributed by atoms with Crippen molar-refractivity contribution in [2.75, 3.05) is 18.9 Å². The van der Waals surface area contributed by atoms with E-state index >= 15 is 0 Å². The molecule has 0 aromatic heterocycles. The van der Waals surface area contributed by atoms with E-state index in [1.54, 1.807) is 32.2 Å². The molecule has 0 aliphatic carbocycles. The molecule has 0 saturated carbocycles. The highest BCUT2D eigenvalue weighted by Gasteiger charge is 2.11. The predicted octanol–water partition coefficient (Wildman–Crippen LogP) is 1.06. The minimum atomic E-state index is -0.169. The lowest BCUT2D eigenvalue weighted by Crippen LogP contribution is -2.21. The van der Waals surface area contributed by atoms with Crippen molar-refractivity contribution < 1.29 is 9.59 Å². The molecule has 0 unspecified atom stereocenters. The van der Waals surface area contributed by atoms with Crippen molar-refractivity contribution in [1.82, 2.24) is 5.32 Å². The van der Waals surface area contributed by atoms with Gasteiger partial charge in [0.25, 0.3) is 5.91 Å². The van der Waals surface area contributed by atoms with E-state index < -0.39 is 0 Å². The average Bonchev–Trinajstić information content (AvgIpc) is 2.31. The standard InChI is InChI=1S/C12H17N3O2.ClH/c1-8-9(12(17)14-2)4-3-5-10(8)15-11(16)6-7-13;/h3-5H,6-7,13H2,1-2H3,(H,14,17)(H,15,16);1H. The Morgan fingerprint density at radius 1 is 1.33 bits per heavy atom. The molecule has 0 atom stereocenters. The molecule has 1 aromatic carbocycles. The number of nitrogens with two attached hydrogens (primary N) is 1. The fourth-order valence-electron chi connectivity index (χ4n) is 1.50. The van der Waals surface area contributed by atoms with Crippen LogP contribution in [-0.2, 0) is 4.79 Å². The maximum atomic E-state index is 11.6. The average molecular weight is 272 g/mol. The van der Waals surface area contributed by atoms with Crippen LogP contribution in [0.2, 0.25) is 0 Å². The summed E-state index contributed by atoms with van der Waals surface area (Å²) < 4.78 is 0. The maximum absolute atomic E-state index is 11.6. The van der Waals surface area contributed by atoms with Crippen LogP contribution >= 0.6 is 12.4 Å². The summed E-state index contributed by atoms with van der Waals surface area (Å²) in [6.45, 7) is 2.10. The molecule has 2 amide bonds. The molecule has 0 aliphatic heterocycles. The number of hydrogen-bond acceptors (Lipinski definition) is 3. The Bertz CT molecular complexity index is 435. The fourth-order valence-corrected chi connectivity index (χ4v) is 1.50. The molecular formula is C12H18ClN3O2. The second kappa shape index (κ2) is 7.68. The second-order valence-electron chi connectivity index (χ2n) is 3.64. The van der Waals surface area contributed by atoms with E-state index in [1.165, 1.54) is 0 Å². The number of anilines is 1. The minimum absolute atomic E-state index is 0. The van der Waals surface area contributed by atoms with Gasteiger partial charge in [-0.2, -0.15) is 0 Å². The summed E-state index contributed by atoms with van der Waals surface area (Å²) in [6, 6.07) is 5.21. The van der Waals surface area contributed by atoms with Gasteiger partial charge in [0.2, 0.25) is 5.91 Å². The van der Waals surface area contributed by atoms with E-state index in [1.807, 2.05) is 0 Å². The summed E-state index contributed by atoms with van der Waals surface area (Å²) in [5, 5.41) is 5.29. The van der Waals surface area contributed by atoms with Crippen LogP contribution in [-0.4, -0.2) is 25.4 Å². The summed E-state index contributed by atoms with van der Waals surface area (Å²) in [4.78, 5) is 23.0. The molecule has 0 saturated heterocycles. The lowest BCUT2D eigenvalue weighted by Gasteiger charge is -2.11. The highest BCUT2D eigenvalue weighted by molar-refractivity contribution is 5.99. The van der Waals surface area contributed by atoms with Crippen LogP contribution in [0.5, 0.6) is 0 Å². The summed E-state index contributed by atoms with van der Waals surface area (Å²) in [7, 11) is 1.57. The molecule has 0 bridgehead atoms. The van der Waals surface area contributed by atoms with Crippen molar-refractivity contribution in [3.05, 3.63) is 29.3 Å². The first-order chi connectivity index (χ1) is 8.10. The van der Waals surface area contributed by atoms with Gasteiger partial charge < -0.3 is 16.4 Å². The molecule has 6 heteroatoms. The third kappa shape index (κ3) is 4.01. The van der Waals surface area contributed by atoms with Gasteiger partial charge >= 0.3 is 0 Å². The van der Waals surface area contributed by atoms with Crippen LogP contribution in [0.3, 0.4) is 0 Å². The number of carbonyl (C=O) groups excluding carboxylic acids is 2. The van der Waals surface area contributed by atoms with Gasteiger partial charge in [0.15, 0.2) is 0 Å². The summed E-state index contributed by atoms with van der Waals surface area (Å²) in [5.74, 6) is -0.318. The number of halogens is 1. The molecule has 4 N–H and O–H groups in total. The first kappa shape index (κ1) is 16.4. The van der Waals surface area contributed by atoms with E-state index in [2.05, 4.69) is 10.6 Å². The summed E-state index contributed by atoms with van der Waals surface area (Å²) in [5.41, 5.74) is 7.24. The van der Waals surface area contributed by atoms with Gasteiger partial charge in [0, 0.05) is 31.3 Å². The van der Waals surface area contributed by atoms with Crippen molar-refractivity contribution in [2.24, 2.45) is 5.73 Å². The molecule has 0 aliphatic rings. The van der Waals surface area contributed by atoms with Gasteiger partial charge in [0.1, 0.15) is 0 Å². The Balaban J connectivity index is 0.00000289. The molecule has 18 heavy (non-hydrogen) atoms. The van der Waals surface area contributed by atoms with Gasteiger partial charge in [-0.3, -0.25) is 9.59 Å². The van der Waals surface area contributed by atoms with E-state index in [-0.39, 0.29) is 30.6 Å². The van der Waals surface area contributed by atoms with Crippen molar-refractivity contribution in [3.63, 3.8) is 0 Å². The Labute approximate surface area is 113 Å². The Morgan fingerprint density at radius 2 is 2.00 bits per heavy atom. The fraction of sp³-hybridized carbons (Fsp3) is 0.333. The predicted molar refractivity (Wildman–Crippen MR) is 74.1 cm³/mol. The number of benzene rings is 1. The third-order valence-corrected chi connectivity index (χ3v) is 2.45. The Morgan fingerprint density at radius 3 is 2.56 bits per heavy atom. The van der Waals surface area contributed by atoms with Crippen LogP contribution in [0.1, 0.15) is 22.3 Å². The highest BCUT2D eigenvalue weighted by atomic mass is 35.5. The molecular weight excluding hydrogens is 254 g/mol. The SMILES string of the molecule is CNC(=O)c1cccc(NC(=O)CCN)c1C.Cl. The van der Waals surface area contributed by atoms with Gasteiger partial charge in [-0.25, -0.2) is 0 Å². The topological polar surface area (TPSA) is 84.2 Å². The normalized spacial score (nSPS) is 9.28. The summed E-state index contributed by atoms with van der Waals surface area (Å²) in [6.07, 6.45) is 0.268. The number of amides is 2. The Kier molecular flexibility index (Phi) is 7.00. The van der Waals surface area contributed by atoms with Crippen molar-refractivity contribution in [1.29, 1.82) is 0 Å². The van der Waals surface area contributed by atoms with Crippen LogP contribution in [0.25, 0.3) is 0 Å². The number of hydrogen-bond donors (Lipinski definition) is 3. The number of nitrogens with one attached hydrogen (secondary N) is 2. The van der Waals surface area contributed by atoms with Crippen LogP contribution in [0.4, 0.5) is 5.69 Å². The van der Waals surface area contributed by atoms with Gasteiger partial charge in [-0.1, -0.05) is 6.07 Å². The van der Waals surface area contributed by atoms with Crippen molar-refractivity contribution in [2.45, 2.75) is 13.3 Å². The van der Waals surface area contributed by atoms with E-state index in [0.717, 1.165) is 5.56 Å². The first-order valence-corrected chi connectivity index (χ1v) is 5.41. The minimum Gasteiger partial charge on any atom is -0.355 e. The molecule has 1 aromatic rings. The van der Waals surface area contributed by atoms with E-state index in [0.29, 0.717) is 17.8 Å². The van der Waals surface area contributed by atoms with Crippen molar-refractivity contribution in [3.8, 4) is 0 Å². The third-order valence-electron chi connectivity index (χ3n) is 2.45. The van der Waals surface area contributed by atoms with Gasteiger partial charge in [-0.05, 0) is 24.6 Å². The van der Waals surface area contributed by atoms with E-state index in [4.69, 9.17) is 5.73 Å².